The van der Waals surface area contributed by atoms with Gasteiger partial charge in [0.2, 0.25) is 59.1 Å². The minimum Gasteiger partial charge on any atom is -0.394 e. The Kier molecular flexibility index (Phi) is 29.0. The number of rotatable bonds is 17. The number of fused-ring (bicyclic) bond motifs is 2. The molecule has 0 radical (unpaired) electrons. The lowest BCUT2D eigenvalue weighted by Gasteiger charge is -2.33. The van der Waals surface area contributed by atoms with Gasteiger partial charge in [-0.25, -0.2) is 0 Å². The summed E-state index contributed by atoms with van der Waals surface area (Å²) in [5, 5.41) is 66.2. The summed E-state index contributed by atoms with van der Waals surface area (Å²) < 4.78 is 0. The summed E-state index contributed by atoms with van der Waals surface area (Å²) in [6, 6.07) is -4.61. The predicted octanol–water partition coefficient (Wildman–Crippen LogP) is -3.21. The van der Waals surface area contributed by atoms with Crippen molar-refractivity contribution in [3.05, 3.63) is 47.7 Å². The average Bonchev–Trinajstić information content (AvgIpc) is 2.99. The van der Waals surface area contributed by atoms with E-state index >= 15 is 0 Å². The Labute approximate surface area is 501 Å². The van der Waals surface area contributed by atoms with Crippen LogP contribution in [0.2, 0.25) is 0 Å². The van der Waals surface area contributed by atoms with E-state index in [0.29, 0.717) is 37.7 Å². The molecule has 0 spiro atoms. The first kappa shape index (κ1) is 70.9. The molecule has 28 heteroatoms. The standard InChI is InChI=1S/C58H90N12O16/c1-7-11-13-20-35(73)28-38-48(76)57(85)62-37(23-24-44(59)74)49(77)60-29-45(75)69-25-16-21-42(69)54(82)64-39(27-34-18-14-12-15-19-34)51(79)67-46(32(5)8-2)56(84)66-40(30-71)52(80)61-36(10-4)50(78)65-41(31-72)53(81)68-47(33(6)9-3)58(86)70-26-17-22-43(70)55(83)63-38/h10,12,14-15,18-19,32-33,35,37-43,46-48,71-73,76H,7-9,11,13,16-17,20-31H2,1-6H3,(H2,59,74)(H,60,77)(H,61,80)(H,62,85)(H,63,83)(H,64,82)(H,65,78)(H,66,84)(H,67,79)(H,68,81)/b36-10-/t32-,33-,35?,37+,38?,39-,40-,41-,42?,43-,46+,47+,48?/m0/s1. The lowest BCUT2D eigenvalue weighted by Crippen LogP contribution is -2.61. The van der Waals surface area contributed by atoms with E-state index < -0.39 is 188 Å². The maximum absolute atomic E-state index is 14.6. The highest BCUT2D eigenvalue weighted by atomic mass is 16.3. The number of aliphatic hydroxyl groups is 4. The number of carbonyl (C=O) groups excluding carboxylic acids is 12. The third kappa shape index (κ3) is 20.6. The normalized spacial score (nSPS) is 27.7. The Morgan fingerprint density at radius 2 is 1.22 bits per heavy atom. The van der Waals surface area contributed by atoms with Crippen LogP contribution in [0.3, 0.4) is 0 Å². The fraction of sp³-hybridized carbons (Fsp3) is 0.655. The number of nitrogens with two attached hydrogens (primary N) is 1. The van der Waals surface area contributed by atoms with Gasteiger partial charge in [-0.15, -0.1) is 0 Å². The van der Waals surface area contributed by atoms with Crippen LogP contribution >= 0.6 is 0 Å². The summed E-state index contributed by atoms with van der Waals surface area (Å²) in [6.45, 7) is 7.36. The predicted molar refractivity (Wildman–Crippen MR) is 310 cm³/mol. The molecule has 478 valence electrons. The van der Waals surface area contributed by atoms with Crippen molar-refractivity contribution >= 4 is 70.9 Å². The zero-order valence-corrected chi connectivity index (χ0v) is 50.1. The molecule has 4 rings (SSSR count). The van der Waals surface area contributed by atoms with E-state index in [1.807, 2.05) is 6.92 Å². The van der Waals surface area contributed by atoms with Gasteiger partial charge in [-0.2, -0.15) is 0 Å². The molecule has 1 aromatic rings. The molecule has 3 aliphatic rings. The van der Waals surface area contributed by atoms with Gasteiger partial charge in [0, 0.05) is 25.9 Å². The number of hydrogen-bond donors (Lipinski definition) is 14. The summed E-state index contributed by atoms with van der Waals surface area (Å²) in [5.74, 6) is -12.4. The lowest BCUT2D eigenvalue weighted by molar-refractivity contribution is -0.144. The van der Waals surface area contributed by atoms with E-state index in [2.05, 4.69) is 47.9 Å². The van der Waals surface area contributed by atoms with Gasteiger partial charge >= 0.3 is 0 Å². The smallest absolute Gasteiger partial charge is 0.268 e. The molecule has 13 atom stereocenters. The van der Waals surface area contributed by atoms with E-state index in [1.54, 1.807) is 58.0 Å². The van der Waals surface area contributed by atoms with Crippen LogP contribution in [-0.2, 0) is 64.0 Å². The van der Waals surface area contributed by atoms with Crippen LogP contribution < -0.4 is 53.6 Å². The zero-order valence-electron chi connectivity index (χ0n) is 50.1. The fourth-order valence-corrected chi connectivity index (χ4v) is 10.4. The van der Waals surface area contributed by atoms with Crippen molar-refractivity contribution in [2.75, 3.05) is 32.8 Å². The third-order valence-electron chi connectivity index (χ3n) is 16.0. The van der Waals surface area contributed by atoms with Crippen molar-refractivity contribution in [1.82, 2.24) is 57.7 Å². The second-order valence-electron chi connectivity index (χ2n) is 22.3. The SMILES string of the molecule is C/C=C1\NC(=O)[C@H](CO)NC(=O)[C@@H]([C@@H](C)CC)NC(=O)[C@H](Cc2ccccc2)NC(=O)C2CCCN2C(=O)CNC(=O)[C@@H](CCC(N)=O)NC(=O)C(O)C(CC(O)CCCCC)NC(=O)[C@@H]2CCCN2C(=O)[C@@H]([C@@H](C)CC)NC(=O)[C@H](CO)NC1=O. The number of unbranched alkanes of at least 4 members (excludes halogenated alkanes) is 2. The number of allylic oxidation sites excluding steroid dienone is 1. The Hall–Kier alpha value is -7.56. The summed E-state index contributed by atoms with van der Waals surface area (Å²) in [6.07, 6.45) is 0.188. The molecule has 0 bridgehead atoms. The van der Waals surface area contributed by atoms with Crippen LogP contribution in [-0.4, -0.2) is 201 Å². The first-order chi connectivity index (χ1) is 40.9. The topological polar surface area (TPSA) is 427 Å². The molecule has 1 aromatic carbocycles. The molecule has 0 aromatic heterocycles. The number of amides is 12. The van der Waals surface area contributed by atoms with Crippen LogP contribution in [0.1, 0.15) is 131 Å². The minimum atomic E-state index is -2.17. The van der Waals surface area contributed by atoms with Crippen molar-refractivity contribution in [2.24, 2.45) is 17.6 Å². The highest BCUT2D eigenvalue weighted by Gasteiger charge is 2.43. The van der Waals surface area contributed by atoms with Gasteiger partial charge in [0.25, 0.3) is 11.8 Å². The maximum Gasteiger partial charge on any atom is 0.268 e. The summed E-state index contributed by atoms with van der Waals surface area (Å²) in [4.78, 5) is 169. The molecule has 15 N–H and O–H groups in total. The zero-order chi connectivity index (χ0) is 63.8. The Morgan fingerprint density at radius 1 is 0.663 bits per heavy atom. The van der Waals surface area contributed by atoms with Crippen molar-refractivity contribution in [1.29, 1.82) is 0 Å². The average molecular weight is 1210 g/mol. The van der Waals surface area contributed by atoms with Gasteiger partial charge in [-0.3, -0.25) is 57.5 Å². The molecule has 3 fully saturated rings. The van der Waals surface area contributed by atoms with Crippen molar-refractivity contribution in [2.45, 2.75) is 198 Å². The number of nitrogens with one attached hydrogen (secondary N) is 9. The maximum atomic E-state index is 14.6. The van der Waals surface area contributed by atoms with Crippen molar-refractivity contribution < 1.29 is 78.0 Å². The Balaban J connectivity index is 1.77. The molecule has 12 amide bonds. The molecule has 86 heavy (non-hydrogen) atoms. The quantitative estimate of drug-likeness (QED) is 0.0539. The molecule has 4 unspecified atom stereocenters. The number of benzene rings is 1. The number of nitrogens with zero attached hydrogens (tertiary/aromatic N) is 2. The van der Waals surface area contributed by atoms with Gasteiger partial charge in [0.1, 0.15) is 54.0 Å². The summed E-state index contributed by atoms with van der Waals surface area (Å²) >= 11 is 0. The lowest BCUT2D eigenvalue weighted by atomic mass is 9.96. The van der Waals surface area contributed by atoms with E-state index in [-0.39, 0.29) is 45.2 Å². The summed E-state index contributed by atoms with van der Waals surface area (Å²) in [5.41, 5.74) is 5.54. The van der Waals surface area contributed by atoms with Crippen LogP contribution in [0, 0.1) is 11.8 Å². The summed E-state index contributed by atoms with van der Waals surface area (Å²) in [7, 11) is 0. The first-order valence-electron chi connectivity index (χ1n) is 29.8. The second kappa shape index (κ2) is 35.2. The van der Waals surface area contributed by atoms with E-state index in [9.17, 15) is 78.0 Å². The number of hydrogen-bond acceptors (Lipinski definition) is 16. The molecule has 3 heterocycles. The molecular weight excluding hydrogens is 1120 g/mol. The number of aliphatic hydroxyl groups excluding tert-OH is 4. The molecule has 3 aliphatic heterocycles. The highest BCUT2D eigenvalue weighted by Crippen LogP contribution is 2.24. The van der Waals surface area contributed by atoms with Gasteiger partial charge in [0.05, 0.1) is 31.9 Å². The molecule has 0 aliphatic carbocycles. The molecule has 0 saturated carbocycles. The van der Waals surface area contributed by atoms with Gasteiger partial charge in [-0.1, -0.05) is 103 Å². The van der Waals surface area contributed by atoms with Crippen molar-refractivity contribution in [3.8, 4) is 0 Å². The second-order valence-corrected chi connectivity index (χ2v) is 22.3. The van der Waals surface area contributed by atoms with Crippen LogP contribution in [0.15, 0.2) is 42.1 Å². The van der Waals surface area contributed by atoms with Gasteiger partial charge in [0.15, 0.2) is 6.10 Å². The molecular formula is C58H90N12O16. The van der Waals surface area contributed by atoms with E-state index in [4.69, 9.17) is 5.73 Å². The van der Waals surface area contributed by atoms with Gasteiger partial charge < -0.3 is 83.8 Å². The van der Waals surface area contributed by atoms with Crippen LogP contribution in [0.4, 0.5) is 0 Å². The fourth-order valence-electron chi connectivity index (χ4n) is 10.4. The van der Waals surface area contributed by atoms with Crippen LogP contribution in [0.25, 0.3) is 0 Å². The van der Waals surface area contributed by atoms with E-state index in [1.165, 1.54) is 16.7 Å². The first-order valence-corrected chi connectivity index (χ1v) is 29.8. The van der Waals surface area contributed by atoms with Gasteiger partial charge in [-0.05, 0) is 69.3 Å². The largest absolute Gasteiger partial charge is 0.394 e. The Morgan fingerprint density at radius 3 is 1.83 bits per heavy atom. The van der Waals surface area contributed by atoms with Crippen molar-refractivity contribution in [3.63, 3.8) is 0 Å². The highest BCUT2D eigenvalue weighted by molar-refractivity contribution is 6.03. The van der Waals surface area contributed by atoms with Crippen LogP contribution in [0.5, 0.6) is 0 Å². The number of primary amides is 1. The third-order valence-corrected chi connectivity index (χ3v) is 16.0. The molecule has 3 saturated heterocycles. The van der Waals surface area contributed by atoms with E-state index in [0.717, 1.165) is 18.9 Å². The monoisotopic (exact) mass is 1210 g/mol. The number of carbonyl (C=O) groups is 12. The molecule has 28 nitrogen and oxygen atoms in total. The minimum absolute atomic E-state index is 0.0137. The Bertz CT molecular complexity index is 2570.